The zero-order valence-electron chi connectivity index (χ0n) is 10.6. The molecule has 0 aliphatic heterocycles. The molecule has 0 aliphatic rings. The lowest BCUT2D eigenvalue weighted by Gasteiger charge is -2.10. The number of rotatable bonds is 5. The van der Waals surface area contributed by atoms with E-state index in [-0.39, 0.29) is 6.42 Å². The third-order valence-corrected chi connectivity index (χ3v) is 3.27. The third-order valence-electron chi connectivity index (χ3n) is 3.04. The maximum absolute atomic E-state index is 10.6. The second kappa shape index (κ2) is 5.93. The van der Waals surface area contributed by atoms with Crippen LogP contribution < -0.4 is 4.74 Å². The van der Waals surface area contributed by atoms with Crippen LogP contribution in [0.25, 0.3) is 10.8 Å². The molecule has 0 aliphatic carbocycles. The van der Waals surface area contributed by atoms with E-state index in [4.69, 9.17) is 21.4 Å². The van der Waals surface area contributed by atoms with Crippen LogP contribution in [-0.2, 0) is 11.2 Å². The minimum Gasteiger partial charge on any atom is -0.496 e. The van der Waals surface area contributed by atoms with Gasteiger partial charge in [0, 0.05) is 11.4 Å². The molecule has 4 heteroatoms. The first-order chi connectivity index (χ1) is 9.10. The Balaban J connectivity index is 2.32. The predicted octanol–water partition coefficient (Wildman–Crippen LogP) is 3.91. The van der Waals surface area contributed by atoms with Crippen molar-refractivity contribution in [2.75, 3.05) is 7.11 Å². The molecule has 0 radical (unpaired) electrons. The van der Waals surface area contributed by atoms with Crippen molar-refractivity contribution in [2.45, 2.75) is 19.3 Å². The minimum absolute atomic E-state index is 0.163. The van der Waals surface area contributed by atoms with Crippen LogP contribution in [-0.4, -0.2) is 18.2 Å². The van der Waals surface area contributed by atoms with Crippen LogP contribution in [0.2, 0.25) is 5.02 Å². The predicted molar refractivity (Wildman–Crippen MR) is 76.1 cm³/mol. The Labute approximate surface area is 116 Å². The van der Waals surface area contributed by atoms with E-state index in [1.807, 2.05) is 30.3 Å². The lowest BCUT2D eigenvalue weighted by Crippen LogP contribution is -1.98. The summed E-state index contributed by atoms with van der Waals surface area (Å²) in [4.78, 5) is 10.6. The molecule has 0 unspecified atom stereocenters. The van der Waals surface area contributed by atoms with Crippen molar-refractivity contribution in [2.24, 2.45) is 0 Å². The summed E-state index contributed by atoms with van der Waals surface area (Å²) in [5.41, 5.74) is 1.01. The molecule has 1 N–H and O–H groups in total. The monoisotopic (exact) mass is 278 g/mol. The fourth-order valence-electron chi connectivity index (χ4n) is 2.11. The lowest BCUT2D eigenvalue weighted by atomic mass is 10.0. The standard InChI is InChI=1S/C15H15ClO3/c1-19-14-9-10-5-6-13(16)8-12(10)7-11(14)3-2-4-15(17)18/h5-9H,2-4H2,1H3,(H,17,18). The van der Waals surface area contributed by atoms with Gasteiger partial charge in [-0.25, -0.2) is 0 Å². The largest absolute Gasteiger partial charge is 0.496 e. The first kappa shape index (κ1) is 13.7. The van der Waals surface area contributed by atoms with Gasteiger partial charge in [0.15, 0.2) is 0 Å². The van der Waals surface area contributed by atoms with Gasteiger partial charge < -0.3 is 9.84 Å². The number of aryl methyl sites for hydroxylation is 1. The zero-order valence-corrected chi connectivity index (χ0v) is 11.4. The van der Waals surface area contributed by atoms with Gasteiger partial charge in [0.1, 0.15) is 5.75 Å². The van der Waals surface area contributed by atoms with E-state index in [0.29, 0.717) is 17.9 Å². The molecular weight excluding hydrogens is 264 g/mol. The summed E-state index contributed by atoms with van der Waals surface area (Å²) in [6.45, 7) is 0. The molecule has 2 rings (SSSR count). The fraction of sp³-hybridized carbons (Fsp3) is 0.267. The molecule has 0 saturated heterocycles. The van der Waals surface area contributed by atoms with Gasteiger partial charge >= 0.3 is 5.97 Å². The Morgan fingerprint density at radius 1 is 1.26 bits per heavy atom. The van der Waals surface area contributed by atoms with Crippen LogP contribution in [0.4, 0.5) is 0 Å². The highest BCUT2D eigenvalue weighted by Crippen LogP contribution is 2.29. The van der Waals surface area contributed by atoms with Crippen molar-refractivity contribution in [1.82, 2.24) is 0 Å². The summed E-state index contributed by atoms with van der Waals surface area (Å²) in [7, 11) is 1.62. The second-order valence-corrected chi connectivity index (χ2v) is 4.84. The SMILES string of the molecule is COc1cc2ccc(Cl)cc2cc1CCCC(=O)O. The summed E-state index contributed by atoms with van der Waals surface area (Å²) < 4.78 is 5.36. The van der Waals surface area contributed by atoms with Gasteiger partial charge in [0.05, 0.1) is 7.11 Å². The third kappa shape index (κ3) is 3.38. The second-order valence-electron chi connectivity index (χ2n) is 4.40. The van der Waals surface area contributed by atoms with Crippen molar-refractivity contribution in [3.8, 4) is 5.75 Å². The zero-order chi connectivity index (χ0) is 13.8. The highest BCUT2D eigenvalue weighted by Gasteiger charge is 2.07. The molecule has 2 aromatic carbocycles. The number of aliphatic carboxylic acids is 1. The maximum Gasteiger partial charge on any atom is 0.303 e. The molecule has 0 amide bonds. The summed E-state index contributed by atoms with van der Waals surface area (Å²) >= 11 is 5.98. The van der Waals surface area contributed by atoms with Crippen molar-refractivity contribution in [3.05, 3.63) is 40.9 Å². The molecule has 3 nitrogen and oxygen atoms in total. The quantitative estimate of drug-likeness (QED) is 0.902. The number of ether oxygens (including phenoxy) is 1. The van der Waals surface area contributed by atoms with Crippen LogP contribution in [0, 0.1) is 0 Å². The van der Waals surface area contributed by atoms with E-state index in [0.717, 1.165) is 22.1 Å². The highest BCUT2D eigenvalue weighted by atomic mass is 35.5. The van der Waals surface area contributed by atoms with E-state index >= 15 is 0 Å². The number of carboxylic acid groups (broad SMARTS) is 1. The Bertz CT molecular complexity index is 608. The van der Waals surface area contributed by atoms with Crippen LogP contribution >= 0.6 is 11.6 Å². The van der Waals surface area contributed by atoms with Gasteiger partial charge in [-0.1, -0.05) is 17.7 Å². The average molecular weight is 279 g/mol. The number of carboxylic acids is 1. The Morgan fingerprint density at radius 3 is 2.74 bits per heavy atom. The van der Waals surface area contributed by atoms with Gasteiger partial charge in [0.2, 0.25) is 0 Å². The van der Waals surface area contributed by atoms with Gasteiger partial charge in [-0.2, -0.15) is 0 Å². The van der Waals surface area contributed by atoms with Gasteiger partial charge in [-0.05, 0) is 53.4 Å². The average Bonchev–Trinajstić information content (AvgIpc) is 2.37. The van der Waals surface area contributed by atoms with E-state index in [2.05, 4.69) is 0 Å². The van der Waals surface area contributed by atoms with Crippen LogP contribution in [0.1, 0.15) is 18.4 Å². The summed E-state index contributed by atoms with van der Waals surface area (Å²) in [6.07, 6.45) is 1.44. The molecule has 2 aromatic rings. The van der Waals surface area contributed by atoms with E-state index in [1.54, 1.807) is 7.11 Å². The van der Waals surface area contributed by atoms with Crippen LogP contribution in [0.3, 0.4) is 0 Å². The smallest absolute Gasteiger partial charge is 0.303 e. The molecule has 0 aromatic heterocycles. The maximum atomic E-state index is 10.6. The van der Waals surface area contributed by atoms with E-state index in [9.17, 15) is 4.79 Å². The first-order valence-corrected chi connectivity index (χ1v) is 6.46. The van der Waals surface area contributed by atoms with E-state index in [1.165, 1.54) is 0 Å². The number of carbonyl (C=O) groups is 1. The summed E-state index contributed by atoms with van der Waals surface area (Å²) in [6, 6.07) is 9.66. The molecule has 0 heterocycles. The number of hydrogen-bond donors (Lipinski definition) is 1. The number of methoxy groups -OCH3 is 1. The molecule has 0 fully saturated rings. The molecular formula is C15H15ClO3. The van der Waals surface area contributed by atoms with Crippen molar-refractivity contribution >= 4 is 28.3 Å². The normalized spacial score (nSPS) is 10.6. The lowest BCUT2D eigenvalue weighted by molar-refractivity contribution is -0.137. The molecule has 0 atom stereocenters. The van der Waals surface area contributed by atoms with Crippen molar-refractivity contribution < 1.29 is 14.6 Å². The van der Waals surface area contributed by atoms with Crippen LogP contribution in [0.15, 0.2) is 30.3 Å². The number of halogens is 1. The van der Waals surface area contributed by atoms with Gasteiger partial charge in [0.25, 0.3) is 0 Å². The number of fused-ring (bicyclic) bond motifs is 1. The minimum atomic E-state index is -0.775. The highest BCUT2D eigenvalue weighted by molar-refractivity contribution is 6.31. The fourth-order valence-corrected chi connectivity index (χ4v) is 2.29. The van der Waals surface area contributed by atoms with Crippen molar-refractivity contribution in [1.29, 1.82) is 0 Å². The molecule has 19 heavy (non-hydrogen) atoms. The molecule has 0 spiro atoms. The summed E-state index contributed by atoms with van der Waals surface area (Å²) in [5, 5.41) is 11.5. The molecule has 100 valence electrons. The molecule has 0 saturated carbocycles. The van der Waals surface area contributed by atoms with E-state index < -0.39 is 5.97 Å². The Kier molecular flexibility index (Phi) is 4.27. The topological polar surface area (TPSA) is 46.5 Å². The van der Waals surface area contributed by atoms with Crippen molar-refractivity contribution in [3.63, 3.8) is 0 Å². The van der Waals surface area contributed by atoms with Gasteiger partial charge in [-0.15, -0.1) is 0 Å². The van der Waals surface area contributed by atoms with Gasteiger partial charge in [-0.3, -0.25) is 4.79 Å². The van der Waals surface area contributed by atoms with Crippen LogP contribution in [0.5, 0.6) is 5.75 Å². The Hall–Kier alpha value is -1.74. The summed E-state index contributed by atoms with van der Waals surface area (Å²) in [5.74, 6) is 0.0167. The Morgan fingerprint density at radius 2 is 2.05 bits per heavy atom. The molecule has 0 bridgehead atoms. The first-order valence-electron chi connectivity index (χ1n) is 6.08. The number of hydrogen-bond acceptors (Lipinski definition) is 2. The number of benzene rings is 2.